The molecule has 110 valence electrons. The van der Waals surface area contributed by atoms with Crippen molar-refractivity contribution in [2.75, 3.05) is 21.3 Å². The number of carbonyl (C=O) groups excluding carboxylic acids is 2. The summed E-state index contributed by atoms with van der Waals surface area (Å²) < 4.78 is 26.2. The first kappa shape index (κ1) is 16.4. The third kappa shape index (κ3) is 3.66. The van der Waals surface area contributed by atoms with Gasteiger partial charge in [-0.1, -0.05) is 18.2 Å². The second-order valence-corrected chi connectivity index (χ2v) is 6.00. The Labute approximate surface area is 116 Å². The van der Waals surface area contributed by atoms with E-state index >= 15 is 0 Å². The highest BCUT2D eigenvalue weighted by Crippen LogP contribution is 2.50. The molecule has 0 spiro atoms. The Balaban J connectivity index is 3.00. The lowest BCUT2D eigenvalue weighted by atomic mass is 10.2. The molecule has 1 unspecified atom stereocenters. The molecule has 0 radical (unpaired) electrons. The SMILES string of the molecule is COC(=O)C(NC(=O)c1ccccc1)P(=O)(OC)OC. The molecule has 0 aliphatic rings. The average Bonchev–Trinajstić information content (AvgIpc) is 2.51. The fourth-order valence-corrected chi connectivity index (χ4v) is 2.67. The average molecular weight is 301 g/mol. The topological polar surface area (TPSA) is 90.9 Å². The van der Waals surface area contributed by atoms with E-state index in [2.05, 4.69) is 10.1 Å². The molecular formula is C12H16NO6P. The predicted octanol–water partition coefficient (Wildman–Crippen LogP) is 1.40. The van der Waals surface area contributed by atoms with E-state index in [-0.39, 0.29) is 0 Å². The Morgan fingerprint density at radius 1 is 1.10 bits per heavy atom. The summed E-state index contributed by atoms with van der Waals surface area (Å²) in [6.07, 6.45) is 0. The van der Waals surface area contributed by atoms with Crippen LogP contribution in [0.2, 0.25) is 0 Å². The first-order valence-electron chi connectivity index (χ1n) is 5.63. The summed E-state index contributed by atoms with van der Waals surface area (Å²) in [5, 5.41) is 2.30. The molecule has 0 fully saturated rings. The number of carbonyl (C=O) groups is 2. The molecule has 1 aromatic carbocycles. The van der Waals surface area contributed by atoms with Gasteiger partial charge in [0, 0.05) is 19.8 Å². The van der Waals surface area contributed by atoms with Gasteiger partial charge in [0.05, 0.1) is 7.11 Å². The van der Waals surface area contributed by atoms with E-state index in [0.717, 1.165) is 21.3 Å². The zero-order chi connectivity index (χ0) is 15.2. The first-order valence-corrected chi connectivity index (χ1v) is 7.24. The zero-order valence-electron chi connectivity index (χ0n) is 11.4. The monoisotopic (exact) mass is 301 g/mol. The number of methoxy groups -OCH3 is 1. The number of benzene rings is 1. The maximum absolute atomic E-state index is 12.3. The molecular weight excluding hydrogens is 285 g/mol. The van der Waals surface area contributed by atoms with Gasteiger partial charge in [-0.2, -0.15) is 0 Å². The maximum atomic E-state index is 12.3. The Morgan fingerprint density at radius 3 is 2.10 bits per heavy atom. The van der Waals surface area contributed by atoms with Gasteiger partial charge in [-0.3, -0.25) is 9.36 Å². The van der Waals surface area contributed by atoms with Crippen molar-refractivity contribution in [3.8, 4) is 0 Å². The summed E-state index contributed by atoms with van der Waals surface area (Å²) in [5.41, 5.74) is 0.306. The number of amides is 1. The minimum absolute atomic E-state index is 0.306. The summed E-state index contributed by atoms with van der Waals surface area (Å²) in [5.74, 6) is -3.04. The fourth-order valence-electron chi connectivity index (χ4n) is 1.46. The third-order valence-corrected chi connectivity index (χ3v) is 4.54. The van der Waals surface area contributed by atoms with Crippen LogP contribution < -0.4 is 5.32 Å². The lowest BCUT2D eigenvalue weighted by Gasteiger charge is -2.23. The molecule has 1 rings (SSSR count). The van der Waals surface area contributed by atoms with Crippen molar-refractivity contribution in [2.45, 2.75) is 5.78 Å². The lowest BCUT2D eigenvalue weighted by Crippen LogP contribution is -2.42. The van der Waals surface area contributed by atoms with E-state index in [1.54, 1.807) is 30.3 Å². The minimum atomic E-state index is -3.84. The fraction of sp³-hybridized carbons (Fsp3) is 0.333. The summed E-state index contributed by atoms with van der Waals surface area (Å²) in [6, 6.07) is 8.16. The lowest BCUT2D eigenvalue weighted by molar-refractivity contribution is -0.141. The molecule has 0 heterocycles. The third-order valence-electron chi connectivity index (χ3n) is 2.55. The molecule has 7 nitrogen and oxygen atoms in total. The molecule has 8 heteroatoms. The van der Waals surface area contributed by atoms with Gasteiger partial charge in [-0.05, 0) is 12.1 Å². The van der Waals surface area contributed by atoms with Crippen molar-refractivity contribution in [2.24, 2.45) is 0 Å². The molecule has 0 aliphatic carbocycles. The number of nitrogens with one attached hydrogen (secondary N) is 1. The van der Waals surface area contributed by atoms with E-state index in [1.165, 1.54) is 0 Å². The number of esters is 1. The zero-order valence-corrected chi connectivity index (χ0v) is 12.3. The molecule has 1 atom stereocenters. The van der Waals surface area contributed by atoms with Crippen LogP contribution in [0.4, 0.5) is 0 Å². The van der Waals surface area contributed by atoms with Crippen LogP contribution in [0.1, 0.15) is 10.4 Å². The summed E-state index contributed by atoms with van der Waals surface area (Å²) >= 11 is 0. The molecule has 1 N–H and O–H groups in total. The van der Waals surface area contributed by atoms with Gasteiger partial charge in [-0.25, -0.2) is 4.79 Å². The van der Waals surface area contributed by atoms with Crippen LogP contribution in [0.15, 0.2) is 30.3 Å². The van der Waals surface area contributed by atoms with Crippen LogP contribution in [0.25, 0.3) is 0 Å². The van der Waals surface area contributed by atoms with Crippen LogP contribution in [-0.2, 0) is 23.1 Å². The van der Waals surface area contributed by atoms with E-state index < -0.39 is 25.3 Å². The van der Waals surface area contributed by atoms with Gasteiger partial charge in [-0.15, -0.1) is 0 Å². The minimum Gasteiger partial charge on any atom is -0.467 e. The molecule has 20 heavy (non-hydrogen) atoms. The van der Waals surface area contributed by atoms with Gasteiger partial charge in [0.1, 0.15) is 0 Å². The molecule has 0 aliphatic heterocycles. The first-order chi connectivity index (χ1) is 9.48. The normalized spacial score (nSPS) is 12.6. The van der Waals surface area contributed by atoms with Gasteiger partial charge in [0.25, 0.3) is 5.91 Å². The van der Waals surface area contributed by atoms with E-state index in [1.807, 2.05) is 0 Å². The summed E-state index contributed by atoms with van der Waals surface area (Å²) in [4.78, 5) is 23.7. The van der Waals surface area contributed by atoms with Crippen LogP contribution in [-0.4, -0.2) is 39.0 Å². The standard InChI is InChI=1S/C12H16NO6P/c1-17-12(15)11(20(16,18-2)19-3)13-10(14)9-7-5-4-6-8-9/h4-8,11H,1-3H3,(H,13,14). The van der Waals surface area contributed by atoms with Crippen molar-refractivity contribution < 1.29 is 27.9 Å². The van der Waals surface area contributed by atoms with Crippen molar-refractivity contribution in [1.29, 1.82) is 0 Å². The van der Waals surface area contributed by atoms with Gasteiger partial charge >= 0.3 is 13.6 Å². The van der Waals surface area contributed by atoms with Crippen LogP contribution in [0, 0.1) is 0 Å². The quantitative estimate of drug-likeness (QED) is 0.631. The molecule has 1 amide bonds. The van der Waals surface area contributed by atoms with Crippen LogP contribution in [0.3, 0.4) is 0 Å². The van der Waals surface area contributed by atoms with Crippen molar-refractivity contribution in [1.82, 2.24) is 5.32 Å². The number of ether oxygens (including phenoxy) is 1. The second kappa shape index (κ2) is 7.19. The predicted molar refractivity (Wildman–Crippen MR) is 71.3 cm³/mol. The Bertz CT molecular complexity index is 510. The van der Waals surface area contributed by atoms with E-state index in [9.17, 15) is 14.2 Å². The van der Waals surface area contributed by atoms with E-state index in [4.69, 9.17) is 9.05 Å². The Kier molecular flexibility index (Phi) is 5.88. The van der Waals surface area contributed by atoms with Crippen LogP contribution in [0.5, 0.6) is 0 Å². The summed E-state index contributed by atoms with van der Waals surface area (Å²) in [7, 11) is -0.494. The second-order valence-electron chi connectivity index (χ2n) is 3.67. The van der Waals surface area contributed by atoms with Crippen molar-refractivity contribution in [3.05, 3.63) is 35.9 Å². The van der Waals surface area contributed by atoms with Crippen LogP contribution >= 0.6 is 7.60 Å². The van der Waals surface area contributed by atoms with E-state index in [0.29, 0.717) is 5.56 Å². The molecule has 0 aromatic heterocycles. The highest BCUT2D eigenvalue weighted by Gasteiger charge is 2.42. The summed E-state index contributed by atoms with van der Waals surface area (Å²) in [6.45, 7) is 0. The molecule has 0 bridgehead atoms. The highest BCUT2D eigenvalue weighted by atomic mass is 31.2. The number of hydrogen-bond donors (Lipinski definition) is 1. The highest BCUT2D eigenvalue weighted by molar-refractivity contribution is 7.55. The van der Waals surface area contributed by atoms with Gasteiger partial charge in [0.15, 0.2) is 0 Å². The maximum Gasteiger partial charge on any atom is 0.363 e. The number of rotatable bonds is 6. The molecule has 0 saturated heterocycles. The van der Waals surface area contributed by atoms with Gasteiger partial charge < -0.3 is 19.1 Å². The molecule has 0 saturated carbocycles. The Hall–Kier alpha value is -1.69. The van der Waals surface area contributed by atoms with Crippen molar-refractivity contribution >= 4 is 19.5 Å². The number of hydrogen-bond acceptors (Lipinski definition) is 6. The Morgan fingerprint density at radius 2 is 1.65 bits per heavy atom. The smallest absolute Gasteiger partial charge is 0.363 e. The van der Waals surface area contributed by atoms with Crippen molar-refractivity contribution in [3.63, 3.8) is 0 Å². The molecule has 1 aromatic rings. The van der Waals surface area contributed by atoms with Gasteiger partial charge in [0.2, 0.25) is 5.78 Å². The largest absolute Gasteiger partial charge is 0.467 e.